The van der Waals surface area contributed by atoms with E-state index in [1.54, 1.807) is 62.9 Å². The molecule has 0 unspecified atom stereocenters. The number of nitrogens with zero attached hydrogens (tertiary/aromatic N) is 8. The van der Waals surface area contributed by atoms with Crippen molar-refractivity contribution in [3.8, 4) is 11.5 Å². The van der Waals surface area contributed by atoms with Crippen LogP contribution < -0.4 is 29.9 Å². The van der Waals surface area contributed by atoms with Crippen LogP contribution in [0.3, 0.4) is 0 Å². The van der Waals surface area contributed by atoms with Crippen LogP contribution in [0.4, 0.5) is 36.6 Å². The fourth-order valence-electron chi connectivity index (χ4n) is 8.91. The van der Waals surface area contributed by atoms with E-state index in [1.165, 1.54) is 0 Å². The maximum Gasteiger partial charge on any atom is 0.573 e. The number of hydrogen-bond donors (Lipinski definition) is 3. The molecule has 2 aliphatic rings. The van der Waals surface area contributed by atoms with Gasteiger partial charge in [-0.05, 0) is 118 Å². The molecular weight excluding hydrogens is 1250 g/mol. The predicted molar refractivity (Wildman–Crippen MR) is 312 cm³/mol. The maximum atomic E-state index is 13.8. The van der Waals surface area contributed by atoms with Gasteiger partial charge in [0.05, 0.1) is 21.2 Å². The summed E-state index contributed by atoms with van der Waals surface area (Å²) in [6, 6.07) is 12.3. The molecule has 0 aliphatic carbocycles. The number of rotatable bonds is 18. The summed E-state index contributed by atoms with van der Waals surface area (Å²) < 4.78 is 146. The van der Waals surface area contributed by atoms with Crippen molar-refractivity contribution in [2.24, 2.45) is 0 Å². The van der Waals surface area contributed by atoms with E-state index in [0.29, 0.717) is 32.0 Å². The zero-order valence-electron chi connectivity index (χ0n) is 49.0. The lowest BCUT2D eigenvalue weighted by atomic mass is 10.1. The number of carboxylic acid groups (broad SMARTS) is 1. The minimum atomic E-state index is -4.95. The van der Waals surface area contributed by atoms with E-state index in [-0.39, 0.29) is 84.6 Å². The molecule has 2 amide bonds. The Kier molecular flexibility index (Phi) is 21.2. The number of carboxylic acids is 1. The number of thiazole rings is 2. The second-order valence-corrected chi connectivity index (χ2v) is 27.5. The van der Waals surface area contributed by atoms with E-state index in [0.717, 1.165) is 91.2 Å². The highest BCUT2D eigenvalue weighted by Gasteiger charge is 2.44. The van der Waals surface area contributed by atoms with Crippen molar-refractivity contribution in [1.82, 2.24) is 39.2 Å². The number of esters is 1. The molecule has 22 nitrogen and oxygen atoms in total. The highest BCUT2D eigenvalue weighted by molar-refractivity contribution is 7.89. The Labute approximate surface area is 512 Å². The van der Waals surface area contributed by atoms with Gasteiger partial charge in [0.2, 0.25) is 31.9 Å². The van der Waals surface area contributed by atoms with Crippen LogP contribution in [-0.2, 0) is 47.5 Å². The van der Waals surface area contributed by atoms with Crippen LogP contribution in [-0.4, -0.2) is 144 Å². The standard InChI is InChI=1S/C30H36F3N5O6S2.C26H28F3N5O6S2/c1-18(2)23-12-7-20(15-34-23)16-35-26(39)24-17-37(28-36-19(3)25(45-28)27(40)44-29(4,5)6)13-14-38(24)46(41,42)22-10-8-21(9-11-22)43-30(31,32)33;1-15(2)20-9-4-17(12-30-20)13-31-23(35)21-14-33(25-32-16(3)22(41-25)24(36)37)10-11-34(21)42(38,39)19-7-5-18(6-8-19)40-26(27,28)29/h7-12,15,18,24H,13-14,16-17H2,1-6H3,(H,35,39);4-9,12,15,21H,10-11,13-14H2,1-3H3,(H,31,35)(H,36,37)/t24-;21-/m11/s1. The van der Waals surface area contributed by atoms with Gasteiger partial charge in [-0.25, -0.2) is 36.4 Å². The lowest BCUT2D eigenvalue weighted by Crippen LogP contribution is -2.60. The van der Waals surface area contributed by atoms with Crippen molar-refractivity contribution < 1.29 is 81.7 Å². The first kappa shape index (κ1) is 68.0. The SMILES string of the molecule is Cc1nc(N2CCN(S(=O)(=O)c3ccc(OC(F)(F)F)cc3)[C@@H](C(=O)NCc3ccc(C(C)C)nc3)C2)sc1C(=O)O.Cc1nc(N2CCN(S(=O)(=O)c3ccc(OC(F)(F)F)cc3)[C@@H](C(=O)NCc3ccc(C(C)C)nc3)C2)sc1C(=O)OC(C)(C)C. The molecule has 2 fully saturated rings. The molecule has 2 aromatic carbocycles. The number of hydrogen-bond acceptors (Lipinski definition) is 19. The number of alkyl halides is 6. The van der Waals surface area contributed by atoms with Gasteiger partial charge >= 0.3 is 24.7 Å². The van der Waals surface area contributed by atoms with Gasteiger partial charge in [0.1, 0.15) is 38.9 Å². The second kappa shape index (κ2) is 27.5. The van der Waals surface area contributed by atoms with Crippen LogP contribution >= 0.6 is 22.7 Å². The van der Waals surface area contributed by atoms with E-state index >= 15 is 0 Å². The van der Waals surface area contributed by atoms with Crippen LogP contribution in [0, 0.1) is 13.8 Å². The summed E-state index contributed by atoms with van der Waals surface area (Å²) in [7, 11) is -8.70. The topological polar surface area (TPSA) is 273 Å². The van der Waals surface area contributed by atoms with Crippen molar-refractivity contribution in [3.05, 3.63) is 129 Å². The number of anilines is 2. The van der Waals surface area contributed by atoms with Gasteiger partial charge in [-0.3, -0.25) is 19.6 Å². The Morgan fingerprint density at radius 1 is 0.602 bits per heavy atom. The minimum absolute atomic E-state index is 0.0274. The molecule has 2 saturated heterocycles. The van der Waals surface area contributed by atoms with Crippen molar-refractivity contribution in [2.45, 2.75) is 127 Å². The zero-order valence-corrected chi connectivity index (χ0v) is 52.2. The van der Waals surface area contributed by atoms with Gasteiger partial charge in [-0.2, -0.15) is 8.61 Å². The number of piperazine rings is 2. The largest absolute Gasteiger partial charge is 0.573 e. The third-order valence-electron chi connectivity index (χ3n) is 13.3. The number of aromatic carboxylic acids is 1. The van der Waals surface area contributed by atoms with Crippen LogP contribution in [0.2, 0.25) is 0 Å². The average Bonchev–Trinajstić information content (AvgIpc) is 1.24. The fraction of sp³-hybridized carbons (Fsp3) is 0.429. The molecular formula is C56H64F6N10O12S4. The lowest BCUT2D eigenvalue weighted by Gasteiger charge is -2.39. The first-order chi connectivity index (χ1) is 41.0. The number of carbonyl (C=O) groups is 4. The molecule has 4 aromatic heterocycles. The number of carbonyl (C=O) groups excluding carboxylic acids is 3. The van der Waals surface area contributed by atoms with E-state index in [1.807, 2.05) is 45.9 Å². The molecule has 2 atom stereocenters. The Morgan fingerprint density at radius 3 is 1.30 bits per heavy atom. The van der Waals surface area contributed by atoms with Gasteiger partial charge in [-0.1, -0.05) is 62.5 Å². The third-order valence-corrected chi connectivity index (χ3v) is 19.5. The number of nitrogens with one attached hydrogen (secondary N) is 2. The first-order valence-electron chi connectivity index (χ1n) is 27.1. The van der Waals surface area contributed by atoms with Gasteiger partial charge in [0.15, 0.2) is 10.3 Å². The normalized spacial score (nSPS) is 16.4. The number of halogens is 6. The van der Waals surface area contributed by atoms with Crippen LogP contribution in [0.5, 0.6) is 11.5 Å². The number of aromatic nitrogens is 4. The number of sulfonamides is 2. The molecule has 8 rings (SSSR count). The number of benzene rings is 2. The molecule has 88 heavy (non-hydrogen) atoms. The fourth-order valence-corrected chi connectivity index (χ4v) is 14.0. The summed E-state index contributed by atoms with van der Waals surface area (Å²) in [5, 5.41) is 15.7. The zero-order chi connectivity index (χ0) is 64.8. The lowest BCUT2D eigenvalue weighted by molar-refractivity contribution is -0.275. The molecule has 476 valence electrons. The molecule has 0 saturated carbocycles. The van der Waals surface area contributed by atoms with Crippen molar-refractivity contribution in [2.75, 3.05) is 49.1 Å². The Hall–Kier alpha value is -7.52. The van der Waals surface area contributed by atoms with Gasteiger partial charge in [-0.15, -0.1) is 26.3 Å². The Balaban J connectivity index is 0.000000252. The predicted octanol–water partition coefficient (Wildman–Crippen LogP) is 8.78. The van der Waals surface area contributed by atoms with Crippen molar-refractivity contribution in [1.29, 1.82) is 0 Å². The second-order valence-electron chi connectivity index (χ2n) is 21.8. The Morgan fingerprint density at radius 2 is 0.977 bits per heavy atom. The van der Waals surface area contributed by atoms with Crippen LogP contribution in [0.1, 0.15) is 114 Å². The summed E-state index contributed by atoms with van der Waals surface area (Å²) >= 11 is 1.99. The quantitative estimate of drug-likeness (QED) is 0.0535. The van der Waals surface area contributed by atoms with Gasteiger partial charge < -0.3 is 39.8 Å². The van der Waals surface area contributed by atoms with Gasteiger partial charge in [0, 0.05) is 76.1 Å². The highest BCUT2D eigenvalue weighted by atomic mass is 32.2. The van der Waals surface area contributed by atoms with Crippen molar-refractivity contribution >= 4 is 76.7 Å². The number of amides is 2. The maximum absolute atomic E-state index is 13.8. The minimum Gasteiger partial charge on any atom is -0.477 e. The number of aryl methyl sites for hydroxylation is 2. The van der Waals surface area contributed by atoms with Crippen LogP contribution in [0.25, 0.3) is 0 Å². The van der Waals surface area contributed by atoms with E-state index in [4.69, 9.17) is 4.74 Å². The summed E-state index contributed by atoms with van der Waals surface area (Å²) in [6.07, 6.45) is -6.63. The van der Waals surface area contributed by atoms with Crippen molar-refractivity contribution in [3.63, 3.8) is 0 Å². The molecule has 0 bridgehead atoms. The molecule has 3 N–H and O–H groups in total. The molecule has 0 spiro atoms. The first-order valence-corrected chi connectivity index (χ1v) is 31.6. The molecule has 6 aromatic rings. The summed E-state index contributed by atoms with van der Waals surface area (Å²) in [4.78, 5) is 72.1. The summed E-state index contributed by atoms with van der Waals surface area (Å²) in [5.74, 6) is -3.66. The monoisotopic (exact) mass is 1310 g/mol. The summed E-state index contributed by atoms with van der Waals surface area (Å²) in [6.45, 7) is 16.2. The number of ether oxygens (including phenoxy) is 3. The van der Waals surface area contributed by atoms with E-state index in [2.05, 4.69) is 40.0 Å². The van der Waals surface area contributed by atoms with E-state index in [9.17, 15) is 67.5 Å². The molecule has 6 heterocycles. The van der Waals surface area contributed by atoms with E-state index < -0.39 is 85.7 Å². The molecule has 0 radical (unpaired) electrons. The molecule has 32 heteroatoms. The third kappa shape index (κ3) is 17.6. The smallest absolute Gasteiger partial charge is 0.477 e. The highest BCUT2D eigenvalue weighted by Crippen LogP contribution is 2.34. The summed E-state index contributed by atoms with van der Waals surface area (Å²) in [5.41, 5.74) is 3.15. The van der Waals surface area contributed by atoms with Gasteiger partial charge in [0.25, 0.3) is 0 Å². The number of pyridine rings is 2. The average molecular weight is 1310 g/mol. The van der Waals surface area contributed by atoms with Crippen LogP contribution in [0.15, 0.2) is 95.0 Å². The Bertz CT molecular complexity index is 3680. The molecule has 2 aliphatic heterocycles.